The van der Waals surface area contributed by atoms with Crippen molar-refractivity contribution < 1.29 is 4.79 Å². The van der Waals surface area contributed by atoms with Crippen molar-refractivity contribution in [1.82, 2.24) is 5.32 Å². The second-order valence-electron chi connectivity index (χ2n) is 4.25. The Balaban J connectivity index is 0.00000256. The molecule has 0 saturated carbocycles. The second kappa shape index (κ2) is 7.30. The molecule has 0 heterocycles. The molecule has 3 nitrogen and oxygen atoms in total. The van der Waals surface area contributed by atoms with Crippen LogP contribution in [0.2, 0.25) is 0 Å². The first-order chi connectivity index (χ1) is 7.52. The van der Waals surface area contributed by atoms with Crippen molar-refractivity contribution in [3.63, 3.8) is 0 Å². The average molecular weight is 257 g/mol. The number of benzene rings is 1. The van der Waals surface area contributed by atoms with Crippen LogP contribution in [0.25, 0.3) is 0 Å². The number of hydrogen-bond donors (Lipinski definition) is 2. The Morgan fingerprint density at radius 1 is 1.29 bits per heavy atom. The Morgan fingerprint density at radius 2 is 1.82 bits per heavy atom. The number of rotatable bonds is 4. The minimum atomic E-state index is 0. The van der Waals surface area contributed by atoms with E-state index in [2.05, 4.69) is 37.4 Å². The fraction of sp³-hybridized carbons (Fsp3) is 0.462. The van der Waals surface area contributed by atoms with E-state index in [0.29, 0.717) is 13.0 Å². The molecule has 0 fully saturated rings. The summed E-state index contributed by atoms with van der Waals surface area (Å²) < 4.78 is 0. The highest BCUT2D eigenvalue weighted by Gasteiger charge is 2.09. The highest BCUT2D eigenvalue weighted by Crippen LogP contribution is 2.16. The topological polar surface area (TPSA) is 55.1 Å². The zero-order chi connectivity index (χ0) is 12.1. The number of nitrogens with one attached hydrogen (secondary N) is 1. The van der Waals surface area contributed by atoms with E-state index in [-0.39, 0.29) is 24.4 Å². The lowest BCUT2D eigenvalue weighted by Gasteiger charge is -2.15. The number of halogens is 1. The maximum atomic E-state index is 11.4. The van der Waals surface area contributed by atoms with Crippen molar-refractivity contribution in [3.8, 4) is 0 Å². The maximum Gasteiger partial charge on any atom is 0.221 e. The number of carbonyl (C=O) groups excluding carboxylic acids is 1. The third kappa shape index (κ3) is 5.20. The fourth-order valence-corrected chi connectivity index (χ4v) is 1.79. The summed E-state index contributed by atoms with van der Waals surface area (Å²) in [4.78, 5) is 11.4. The summed E-state index contributed by atoms with van der Waals surface area (Å²) in [5, 5.41) is 2.93. The minimum Gasteiger partial charge on any atom is -0.350 e. The number of hydrogen-bond acceptors (Lipinski definition) is 2. The first-order valence-corrected chi connectivity index (χ1v) is 5.60. The van der Waals surface area contributed by atoms with Gasteiger partial charge >= 0.3 is 0 Å². The number of carbonyl (C=O) groups is 1. The average Bonchev–Trinajstić information content (AvgIpc) is 2.16. The van der Waals surface area contributed by atoms with Crippen molar-refractivity contribution in [1.29, 1.82) is 0 Å². The van der Waals surface area contributed by atoms with Crippen molar-refractivity contribution in [2.45, 2.75) is 33.2 Å². The highest BCUT2D eigenvalue weighted by molar-refractivity contribution is 5.85. The molecule has 1 atom stereocenters. The number of amides is 1. The highest BCUT2D eigenvalue weighted by atomic mass is 35.5. The Labute approximate surface area is 109 Å². The molecule has 0 aliphatic rings. The zero-order valence-electron chi connectivity index (χ0n) is 10.6. The van der Waals surface area contributed by atoms with Gasteiger partial charge in [0.1, 0.15) is 0 Å². The molecule has 0 saturated heterocycles. The Hall–Kier alpha value is -1.06. The molecular weight excluding hydrogens is 236 g/mol. The SMILES string of the molecule is Cc1cc(C)cc(C(C)NC(=O)CCN)c1.Cl. The van der Waals surface area contributed by atoms with Gasteiger partial charge in [-0.25, -0.2) is 0 Å². The summed E-state index contributed by atoms with van der Waals surface area (Å²) in [5.41, 5.74) is 8.91. The van der Waals surface area contributed by atoms with Crippen LogP contribution in [0.4, 0.5) is 0 Å². The Morgan fingerprint density at radius 3 is 2.29 bits per heavy atom. The quantitative estimate of drug-likeness (QED) is 0.868. The number of aryl methyl sites for hydroxylation is 2. The molecule has 0 radical (unpaired) electrons. The lowest BCUT2D eigenvalue weighted by molar-refractivity contribution is -0.121. The van der Waals surface area contributed by atoms with Crippen molar-refractivity contribution in [2.24, 2.45) is 5.73 Å². The van der Waals surface area contributed by atoms with Gasteiger partial charge in [-0.05, 0) is 26.3 Å². The number of nitrogens with two attached hydrogens (primary N) is 1. The molecule has 17 heavy (non-hydrogen) atoms. The van der Waals surface area contributed by atoms with Gasteiger partial charge in [0.25, 0.3) is 0 Å². The molecule has 4 heteroatoms. The van der Waals surface area contributed by atoms with Gasteiger partial charge in [-0.2, -0.15) is 0 Å². The van der Waals surface area contributed by atoms with Crippen LogP contribution in [0.3, 0.4) is 0 Å². The molecular formula is C13H21ClN2O. The van der Waals surface area contributed by atoms with Gasteiger partial charge in [0.05, 0.1) is 6.04 Å². The van der Waals surface area contributed by atoms with Crippen LogP contribution in [-0.2, 0) is 4.79 Å². The van der Waals surface area contributed by atoms with Gasteiger partial charge < -0.3 is 11.1 Å². The standard InChI is InChI=1S/C13H20N2O.ClH/c1-9-6-10(2)8-12(7-9)11(3)15-13(16)4-5-14;/h6-8,11H,4-5,14H2,1-3H3,(H,15,16);1H. The summed E-state index contributed by atoms with van der Waals surface area (Å²) >= 11 is 0. The molecule has 0 aliphatic heterocycles. The second-order valence-corrected chi connectivity index (χ2v) is 4.25. The molecule has 0 aliphatic carbocycles. The Bertz CT molecular complexity index is 359. The van der Waals surface area contributed by atoms with E-state index >= 15 is 0 Å². The van der Waals surface area contributed by atoms with Crippen molar-refractivity contribution in [2.75, 3.05) is 6.54 Å². The first-order valence-electron chi connectivity index (χ1n) is 5.60. The lowest BCUT2D eigenvalue weighted by atomic mass is 10.0. The van der Waals surface area contributed by atoms with Crippen LogP contribution in [0.15, 0.2) is 18.2 Å². The first kappa shape index (κ1) is 15.9. The van der Waals surface area contributed by atoms with E-state index in [1.807, 2.05) is 6.92 Å². The monoisotopic (exact) mass is 256 g/mol. The predicted molar refractivity (Wildman–Crippen MR) is 73.4 cm³/mol. The molecule has 0 aromatic heterocycles. The minimum absolute atomic E-state index is 0. The molecule has 1 aromatic carbocycles. The van der Waals surface area contributed by atoms with Crippen molar-refractivity contribution in [3.05, 3.63) is 34.9 Å². The molecule has 1 unspecified atom stereocenters. The smallest absolute Gasteiger partial charge is 0.221 e. The van der Waals surface area contributed by atoms with Crippen LogP contribution < -0.4 is 11.1 Å². The van der Waals surface area contributed by atoms with Gasteiger partial charge in [0.2, 0.25) is 5.91 Å². The predicted octanol–water partition coefficient (Wildman–Crippen LogP) is 2.25. The van der Waals surface area contributed by atoms with Gasteiger partial charge in [-0.3, -0.25) is 4.79 Å². The molecule has 1 amide bonds. The van der Waals surface area contributed by atoms with Crippen molar-refractivity contribution >= 4 is 18.3 Å². The molecule has 1 rings (SSSR count). The van der Waals surface area contributed by atoms with E-state index in [1.54, 1.807) is 0 Å². The normalized spacial score (nSPS) is 11.5. The third-order valence-corrected chi connectivity index (χ3v) is 2.49. The van der Waals surface area contributed by atoms with Crippen LogP contribution in [-0.4, -0.2) is 12.5 Å². The zero-order valence-corrected chi connectivity index (χ0v) is 11.4. The summed E-state index contributed by atoms with van der Waals surface area (Å²) in [6.07, 6.45) is 0.384. The van der Waals surface area contributed by atoms with E-state index in [4.69, 9.17) is 5.73 Å². The van der Waals surface area contributed by atoms with E-state index in [0.717, 1.165) is 5.56 Å². The third-order valence-electron chi connectivity index (χ3n) is 2.49. The Kier molecular flexibility index (Phi) is 6.85. The maximum absolute atomic E-state index is 11.4. The van der Waals surface area contributed by atoms with E-state index < -0.39 is 0 Å². The van der Waals surface area contributed by atoms with Crippen LogP contribution in [0.1, 0.15) is 36.1 Å². The van der Waals surface area contributed by atoms with Crippen LogP contribution >= 0.6 is 12.4 Å². The summed E-state index contributed by atoms with van der Waals surface area (Å²) in [6, 6.07) is 6.36. The fourth-order valence-electron chi connectivity index (χ4n) is 1.79. The van der Waals surface area contributed by atoms with Crippen LogP contribution in [0, 0.1) is 13.8 Å². The van der Waals surface area contributed by atoms with E-state index in [1.165, 1.54) is 11.1 Å². The van der Waals surface area contributed by atoms with Gasteiger partial charge in [0, 0.05) is 13.0 Å². The van der Waals surface area contributed by atoms with Gasteiger partial charge in [-0.15, -0.1) is 12.4 Å². The molecule has 3 N–H and O–H groups in total. The summed E-state index contributed by atoms with van der Waals surface area (Å²) in [7, 11) is 0. The molecule has 0 spiro atoms. The molecule has 96 valence electrons. The summed E-state index contributed by atoms with van der Waals surface area (Å²) in [6.45, 7) is 6.50. The van der Waals surface area contributed by atoms with Gasteiger partial charge in [0.15, 0.2) is 0 Å². The van der Waals surface area contributed by atoms with Crippen LogP contribution in [0.5, 0.6) is 0 Å². The van der Waals surface area contributed by atoms with E-state index in [9.17, 15) is 4.79 Å². The molecule has 1 aromatic rings. The lowest BCUT2D eigenvalue weighted by Crippen LogP contribution is -2.28. The largest absolute Gasteiger partial charge is 0.350 e. The van der Waals surface area contributed by atoms with Gasteiger partial charge in [-0.1, -0.05) is 29.3 Å². The molecule has 0 bridgehead atoms. The summed E-state index contributed by atoms with van der Waals surface area (Å²) in [5.74, 6) is 0.00848.